The number of likely N-dealkylation sites (tertiary alicyclic amines) is 1. The molecule has 2 rings (SSSR count). The van der Waals surface area contributed by atoms with E-state index in [2.05, 4.69) is 34.3 Å². The second kappa shape index (κ2) is 6.24. The minimum absolute atomic E-state index is 0.223. The zero-order chi connectivity index (χ0) is 13.0. The molecule has 1 aromatic heterocycles. The van der Waals surface area contributed by atoms with E-state index in [9.17, 15) is 5.11 Å². The molecule has 0 aliphatic carbocycles. The normalized spacial score (nSPS) is 25.5. The largest absolute Gasteiger partial charge is 0.392 e. The molecule has 0 saturated carbocycles. The molecule has 0 amide bonds. The number of aliphatic hydroxyl groups excluding tert-OH is 1. The van der Waals surface area contributed by atoms with Crippen molar-refractivity contribution in [1.82, 2.24) is 25.1 Å². The van der Waals surface area contributed by atoms with Crippen LogP contribution in [0.4, 0.5) is 0 Å². The van der Waals surface area contributed by atoms with Gasteiger partial charge in [-0.1, -0.05) is 20.3 Å². The summed E-state index contributed by atoms with van der Waals surface area (Å²) < 4.78 is 1.88. The van der Waals surface area contributed by atoms with E-state index in [1.54, 1.807) is 0 Å². The number of unbranched alkanes of at least 4 members (excludes halogenated alkanes) is 1. The fourth-order valence-corrected chi connectivity index (χ4v) is 2.28. The minimum Gasteiger partial charge on any atom is -0.392 e. The van der Waals surface area contributed by atoms with Crippen molar-refractivity contribution in [2.75, 3.05) is 13.1 Å². The molecule has 6 nitrogen and oxygen atoms in total. The Morgan fingerprint density at radius 3 is 3.00 bits per heavy atom. The number of hydrogen-bond donors (Lipinski definition) is 1. The SMILES string of the molecule is CCCCn1nnnc1CN1CCC(C)C(O)C1. The van der Waals surface area contributed by atoms with Crippen LogP contribution in [0, 0.1) is 5.92 Å². The fourth-order valence-electron chi connectivity index (χ4n) is 2.28. The Balaban J connectivity index is 1.91. The molecule has 1 aliphatic heterocycles. The number of aryl methyl sites for hydroxylation is 1. The van der Waals surface area contributed by atoms with Crippen LogP contribution >= 0.6 is 0 Å². The molecule has 1 N–H and O–H groups in total. The van der Waals surface area contributed by atoms with E-state index >= 15 is 0 Å². The Morgan fingerprint density at radius 1 is 1.44 bits per heavy atom. The molecule has 0 bridgehead atoms. The molecule has 2 atom stereocenters. The van der Waals surface area contributed by atoms with Gasteiger partial charge in [-0.05, 0) is 35.7 Å². The number of aliphatic hydroxyl groups is 1. The zero-order valence-electron chi connectivity index (χ0n) is 11.3. The fraction of sp³-hybridized carbons (Fsp3) is 0.917. The summed E-state index contributed by atoms with van der Waals surface area (Å²) in [6.45, 7) is 7.62. The smallest absolute Gasteiger partial charge is 0.165 e. The van der Waals surface area contributed by atoms with E-state index in [4.69, 9.17) is 0 Å². The monoisotopic (exact) mass is 253 g/mol. The van der Waals surface area contributed by atoms with Crippen LogP contribution in [-0.2, 0) is 13.1 Å². The van der Waals surface area contributed by atoms with Crippen molar-refractivity contribution in [2.45, 2.75) is 52.3 Å². The average Bonchev–Trinajstić information content (AvgIpc) is 2.79. The summed E-state index contributed by atoms with van der Waals surface area (Å²) in [5.41, 5.74) is 0. The third-order valence-electron chi connectivity index (χ3n) is 3.70. The molecule has 102 valence electrons. The van der Waals surface area contributed by atoms with Crippen molar-refractivity contribution in [3.05, 3.63) is 5.82 Å². The summed E-state index contributed by atoms with van der Waals surface area (Å²) in [4.78, 5) is 2.23. The lowest BCUT2D eigenvalue weighted by Gasteiger charge is -2.33. The van der Waals surface area contributed by atoms with Crippen molar-refractivity contribution >= 4 is 0 Å². The molecule has 1 aromatic rings. The zero-order valence-corrected chi connectivity index (χ0v) is 11.3. The molecule has 1 saturated heterocycles. The van der Waals surface area contributed by atoms with Crippen LogP contribution in [-0.4, -0.2) is 49.4 Å². The second-order valence-corrected chi connectivity index (χ2v) is 5.24. The first kappa shape index (κ1) is 13.4. The van der Waals surface area contributed by atoms with Gasteiger partial charge in [-0.2, -0.15) is 0 Å². The van der Waals surface area contributed by atoms with E-state index in [-0.39, 0.29) is 6.10 Å². The van der Waals surface area contributed by atoms with E-state index in [1.165, 1.54) is 0 Å². The number of tetrazole rings is 1. The number of nitrogens with zero attached hydrogens (tertiary/aromatic N) is 5. The lowest BCUT2D eigenvalue weighted by molar-refractivity contribution is 0.0243. The molecular weight excluding hydrogens is 230 g/mol. The lowest BCUT2D eigenvalue weighted by atomic mass is 9.96. The Morgan fingerprint density at radius 2 is 2.28 bits per heavy atom. The van der Waals surface area contributed by atoms with Crippen LogP contribution in [0.1, 0.15) is 38.9 Å². The highest BCUT2D eigenvalue weighted by Gasteiger charge is 2.25. The van der Waals surface area contributed by atoms with Gasteiger partial charge >= 0.3 is 0 Å². The van der Waals surface area contributed by atoms with Gasteiger partial charge in [0, 0.05) is 13.1 Å². The third kappa shape index (κ3) is 3.26. The second-order valence-electron chi connectivity index (χ2n) is 5.24. The van der Waals surface area contributed by atoms with Crippen LogP contribution in [0.15, 0.2) is 0 Å². The van der Waals surface area contributed by atoms with Gasteiger partial charge in [0.2, 0.25) is 0 Å². The predicted molar refractivity (Wildman–Crippen MR) is 67.8 cm³/mol. The predicted octanol–water partition coefficient (Wildman–Crippen LogP) is 0.676. The Kier molecular flexibility index (Phi) is 4.66. The van der Waals surface area contributed by atoms with Crippen molar-refractivity contribution in [3.8, 4) is 0 Å². The molecule has 0 aromatic carbocycles. The summed E-state index contributed by atoms with van der Waals surface area (Å²) in [5.74, 6) is 1.31. The van der Waals surface area contributed by atoms with Crippen LogP contribution in [0.3, 0.4) is 0 Å². The molecular formula is C12H23N5O. The maximum atomic E-state index is 9.89. The molecule has 0 spiro atoms. The Labute approximate surface area is 108 Å². The third-order valence-corrected chi connectivity index (χ3v) is 3.70. The molecule has 2 heterocycles. The summed E-state index contributed by atoms with van der Waals surface area (Å²) in [6, 6.07) is 0. The Bertz CT molecular complexity index is 367. The highest BCUT2D eigenvalue weighted by atomic mass is 16.3. The number of β-amino-alcohol motifs (C(OH)–C–C–N with tert-alkyl or cyclic N) is 1. The first-order valence-electron chi connectivity index (χ1n) is 6.86. The van der Waals surface area contributed by atoms with Crippen LogP contribution in [0.2, 0.25) is 0 Å². The van der Waals surface area contributed by atoms with Crippen LogP contribution in [0.25, 0.3) is 0 Å². The summed E-state index contributed by atoms with van der Waals surface area (Å²) in [7, 11) is 0. The van der Waals surface area contributed by atoms with Gasteiger partial charge in [-0.15, -0.1) is 5.10 Å². The van der Waals surface area contributed by atoms with E-state index < -0.39 is 0 Å². The molecule has 18 heavy (non-hydrogen) atoms. The summed E-state index contributed by atoms with van der Waals surface area (Å²) in [5, 5.41) is 21.7. The maximum Gasteiger partial charge on any atom is 0.165 e. The first-order valence-corrected chi connectivity index (χ1v) is 6.86. The standard InChI is InChI=1S/C12H23N5O/c1-3-4-6-17-12(13-14-15-17)9-16-7-5-10(2)11(18)8-16/h10-11,18H,3-9H2,1-2H3. The van der Waals surface area contributed by atoms with Gasteiger partial charge in [0.15, 0.2) is 5.82 Å². The molecule has 6 heteroatoms. The van der Waals surface area contributed by atoms with Crippen molar-refractivity contribution in [1.29, 1.82) is 0 Å². The quantitative estimate of drug-likeness (QED) is 0.835. The van der Waals surface area contributed by atoms with Gasteiger partial charge in [0.05, 0.1) is 12.6 Å². The number of rotatable bonds is 5. The van der Waals surface area contributed by atoms with Gasteiger partial charge in [0.25, 0.3) is 0 Å². The van der Waals surface area contributed by atoms with Crippen molar-refractivity contribution < 1.29 is 5.11 Å². The van der Waals surface area contributed by atoms with Crippen molar-refractivity contribution in [3.63, 3.8) is 0 Å². The highest BCUT2D eigenvalue weighted by Crippen LogP contribution is 2.18. The minimum atomic E-state index is -0.223. The molecule has 2 unspecified atom stereocenters. The van der Waals surface area contributed by atoms with E-state index in [0.29, 0.717) is 5.92 Å². The topological polar surface area (TPSA) is 67.1 Å². The first-order chi connectivity index (χ1) is 8.70. The van der Waals surface area contributed by atoms with E-state index in [0.717, 1.165) is 51.3 Å². The van der Waals surface area contributed by atoms with Crippen LogP contribution < -0.4 is 0 Å². The van der Waals surface area contributed by atoms with Crippen LogP contribution in [0.5, 0.6) is 0 Å². The average molecular weight is 253 g/mol. The van der Waals surface area contributed by atoms with E-state index in [1.807, 2.05) is 4.68 Å². The Hall–Kier alpha value is -1.01. The van der Waals surface area contributed by atoms with Gasteiger partial charge < -0.3 is 5.11 Å². The molecule has 1 aliphatic rings. The molecule has 0 radical (unpaired) electrons. The van der Waals surface area contributed by atoms with Crippen molar-refractivity contribution in [2.24, 2.45) is 5.92 Å². The maximum absolute atomic E-state index is 9.89. The van der Waals surface area contributed by atoms with Gasteiger partial charge in [-0.3, -0.25) is 4.90 Å². The number of aromatic nitrogens is 4. The van der Waals surface area contributed by atoms with Gasteiger partial charge in [-0.25, -0.2) is 4.68 Å². The summed E-state index contributed by atoms with van der Waals surface area (Å²) >= 11 is 0. The molecule has 1 fully saturated rings. The highest BCUT2D eigenvalue weighted by molar-refractivity contribution is 4.85. The van der Waals surface area contributed by atoms with Gasteiger partial charge in [0.1, 0.15) is 0 Å². The lowest BCUT2D eigenvalue weighted by Crippen LogP contribution is -2.42. The number of piperidine rings is 1. The summed E-state index contributed by atoms with van der Waals surface area (Å²) in [6.07, 6.45) is 3.05. The number of hydrogen-bond acceptors (Lipinski definition) is 5.